The van der Waals surface area contributed by atoms with Crippen molar-refractivity contribution in [2.45, 2.75) is 42.7 Å². The van der Waals surface area contributed by atoms with E-state index in [9.17, 15) is 27.3 Å². The Balaban J connectivity index is 1.40. The van der Waals surface area contributed by atoms with Gasteiger partial charge in [0.15, 0.2) is 15.8 Å². The number of nitriles is 1. The van der Waals surface area contributed by atoms with E-state index in [1.807, 2.05) is 22.8 Å². The molecule has 12 nitrogen and oxygen atoms in total. The third-order valence-electron chi connectivity index (χ3n) is 7.40. The Labute approximate surface area is 226 Å². The summed E-state index contributed by atoms with van der Waals surface area (Å²) < 4.78 is 57.2. The number of nitrogens with zero attached hydrogens (tertiary/aromatic N) is 7. The SMILES string of the molecule is C[C@@H]1CN(c2cc(S(=O)(=O)NC3(C#N)CC3)cn3c(-c4nnc(C(F)F)s4)ncc23)CCN1C(=O)C1CNC1. The Morgan fingerprint density at radius 3 is 2.67 bits per heavy atom. The molecule has 6 rings (SSSR count). The van der Waals surface area contributed by atoms with E-state index in [1.165, 1.54) is 22.9 Å². The monoisotopic (exact) mass is 577 g/mol. The molecule has 2 N–H and O–H groups in total. The average Bonchev–Trinajstić information content (AvgIpc) is 3.25. The van der Waals surface area contributed by atoms with Gasteiger partial charge < -0.3 is 15.1 Å². The first-order valence-corrected chi connectivity index (χ1v) is 14.8. The number of piperazine rings is 1. The molecule has 2 aliphatic heterocycles. The number of amides is 1. The predicted octanol–water partition coefficient (Wildman–Crippen LogP) is 1.38. The van der Waals surface area contributed by atoms with Crippen LogP contribution in [0.5, 0.6) is 0 Å². The summed E-state index contributed by atoms with van der Waals surface area (Å²) in [4.78, 5) is 21.0. The molecule has 3 fully saturated rings. The Morgan fingerprint density at radius 1 is 1.31 bits per heavy atom. The van der Waals surface area contributed by atoms with Gasteiger partial charge in [0.2, 0.25) is 15.9 Å². The normalized spacial score (nSPS) is 21.3. The second kappa shape index (κ2) is 9.44. The van der Waals surface area contributed by atoms with E-state index >= 15 is 0 Å². The predicted molar refractivity (Wildman–Crippen MR) is 137 cm³/mol. The number of imidazole rings is 1. The van der Waals surface area contributed by atoms with Crippen LogP contribution in [-0.4, -0.2) is 83.1 Å². The van der Waals surface area contributed by atoms with Crippen LogP contribution in [0.4, 0.5) is 14.5 Å². The van der Waals surface area contributed by atoms with Crippen LogP contribution in [0.15, 0.2) is 23.4 Å². The highest BCUT2D eigenvalue weighted by Gasteiger charge is 2.47. The molecule has 0 unspecified atom stereocenters. The van der Waals surface area contributed by atoms with Crippen molar-refractivity contribution < 1.29 is 22.0 Å². The van der Waals surface area contributed by atoms with Gasteiger partial charge in [0.25, 0.3) is 6.43 Å². The molecule has 3 aliphatic rings. The summed E-state index contributed by atoms with van der Waals surface area (Å²) >= 11 is 0.680. The Bertz CT molecular complexity index is 1590. The molecule has 16 heteroatoms. The van der Waals surface area contributed by atoms with Gasteiger partial charge in [0.05, 0.1) is 29.4 Å². The molecule has 39 heavy (non-hydrogen) atoms. The van der Waals surface area contributed by atoms with Gasteiger partial charge in [-0.25, -0.2) is 22.2 Å². The van der Waals surface area contributed by atoms with Crippen LogP contribution < -0.4 is 14.9 Å². The molecule has 0 bridgehead atoms. The van der Waals surface area contributed by atoms with E-state index in [1.54, 1.807) is 0 Å². The third kappa shape index (κ3) is 4.62. The number of hydrogen-bond donors (Lipinski definition) is 2. The molecule has 5 heterocycles. The maximum absolute atomic E-state index is 13.4. The molecule has 1 atom stereocenters. The molecule has 3 aromatic heterocycles. The Morgan fingerprint density at radius 2 is 2.08 bits per heavy atom. The second-order valence-electron chi connectivity index (χ2n) is 10.1. The molecule has 0 aromatic carbocycles. The van der Waals surface area contributed by atoms with Gasteiger partial charge in [-0.2, -0.15) is 9.98 Å². The summed E-state index contributed by atoms with van der Waals surface area (Å²) in [5, 5.41) is 19.6. The minimum absolute atomic E-state index is 0.0254. The van der Waals surface area contributed by atoms with Crippen molar-refractivity contribution in [2.24, 2.45) is 5.92 Å². The van der Waals surface area contributed by atoms with Crippen LogP contribution in [0, 0.1) is 17.2 Å². The molecule has 0 radical (unpaired) electrons. The minimum atomic E-state index is -4.12. The van der Waals surface area contributed by atoms with Crippen LogP contribution in [0.3, 0.4) is 0 Å². The fraction of sp³-hybridized carbons (Fsp3) is 0.522. The lowest BCUT2D eigenvalue weighted by Crippen LogP contribution is -2.59. The Hall–Kier alpha value is -3.26. The maximum Gasteiger partial charge on any atom is 0.291 e. The van der Waals surface area contributed by atoms with Gasteiger partial charge in [0.1, 0.15) is 10.4 Å². The number of alkyl halides is 2. The van der Waals surface area contributed by atoms with Crippen LogP contribution >= 0.6 is 11.3 Å². The van der Waals surface area contributed by atoms with E-state index < -0.39 is 27.0 Å². The van der Waals surface area contributed by atoms with E-state index in [2.05, 4.69) is 25.2 Å². The average molecular weight is 578 g/mol. The summed E-state index contributed by atoms with van der Waals surface area (Å²) in [5.74, 6) is 0.256. The van der Waals surface area contributed by atoms with Gasteiger partial charge in [-0.1, -0.05) is 11.3 Å². The lowest BCUT2D eigenvalue weighted by molar-refractivity contribution is -0.139. The molecule has 1 amide bonds. The number of carbonyl (C=O) groups excluding carboxylic acids is 1. The number of fused-ring (bicyclic) bond motifs is 1. The first-order chi connectivity index (χ1) is 18.6. The Kier molecular flexibility index (Phi) is 6.29. The summed E-state index contributed by atoms with van der Waals surface area (Å²) in [6.45, 7) is 4.66. The topological polar surface area (TPSA) is 149 Å². The lowest BCUT2D eigenvalue weighted by atomic mass is 10.00. The number of hydrogen-bond acceptors (Lipinski definition) is 10. The summed E-state index contributed by atoms with van der Waals surface area (Å²) in [5.41, 5.74) is -0.0239. The minimum Gasteiger partial charge on any atom is -0.366 e. The zero-order valence-corrected chi connectivity index (χ0v) is 22.5. The van der Waals surface area contributed by atoms with Crippen molar-refractivity contribution in [3.63, 3.8) is 0 Å². The molecular weight excluding hydrogens is 552 g/mol. The van der Waals surface area contributed by atoms with Gasteiger partial charge in [-0.15, -0.1) is 10.2 Å². The molecule has 0 spiro atoms. The first kappa shape index (κ1) is 26.0. The first-order valence-electron chi connectivity index (χ1n) is 12.5. The van der Waals surface area contributed by atoms with Gasteiger partial charge in [0, 0.05) is 45.0 Å². The highest BCUT2D eigenvalue weighted by Crippen LogP contribution is 2.38. The molecule has 1 saturated carbocycles. The zero-order valence-electron chi connectivity index (χ0n) is 20.8. The van der Waals surface area contributed by atoms with E-state index in [-0.39, 0.29) is 33.6 Å². The molecule has 1 aliphatic carbocycles. The number of rotatable bonds is 7. The summed E-state index contributed by atoms with van der Waals surface area (Å²) in [6, 6.07) is 3.43. The quantitative estimate of drug-likeness (QED) is 0.425. The van der Waals surface area contributed by atoms with Gasteiger partial charge in [-0.3, -0.25) is 9.20 Å². The van der Waals surface area contributed by atoms with Gasteiger partial charge >= 0.3 is 0 Å². The van der Waals surface area contributed by atoms with Crippen LogP contribution in [0.2, 0.25) is 0 Å². The highest BCUT2D eigenvalue weighted by atomic mass is 32.2. The van der Waals surface area contributed by atoms with Crippen LogP contribution in [-0.2, 0) is 14.8 Å². The van der Waals surface area contributed by atoms with E-state index in [4.69, 9.17) is 0 Å². The van der Waals surface area contributed by atoms with Crippen molar-refractivity contribution in [1.29, 1.82) is 5.26 Å². The molecule has 3 aromatic rings. The number of halogens is 2. The number of anilines is 1. The van der Waals surface area contributed by atoms with Crippen molar-refractivity contribution in [3.8, 4) is 16.9 Å². The second-order valence-corrected chi connectivity index (χ2v) is 12.8. The number of sulfonamides is 1. The fourth-order valence-corrected chi connectivity index (χ4v) is 6.99. The third-order valence-corrected chi connectivity index (χ3v) is 9.83. The van der Waals surface area contributed by atoms with E-state index in [0.29, 0.717) is 68.1 Å². The summed E-state index contributed by atoms with van der Waals surface area (Å²) in [7, 11) is -4.12. The number of nitrogens with one attached hydrogen (secondary N) is 2. The summed E-state index contributed by atoms with van der Waals surface area (Å²) in [6.07, 6.45) is 0.930. The van der Waals surface area contributed by atoms with Crippen LogP contribution in [0.1, 0.15) is 31.2 Å². The van der Waals surface area contributed by atoms with Crippen molar-refractivity contribution >= 4 is 38.5 Å². The lowest BCUT2D eigenvalue weighted by Gasteiger charge is -2.43. The molecule has 206 valence electrons. The number of aromatic nitrogens is 4. The van der Waals surface area contributed by atoms with Crippen molar-refractivity contribution in [2.75, 3.05) is 37.6 Å². The smallest absolute Gasteiger partial charge is 0.291 e. The standard InChI is InChI=1S/C23H25F2N9O3S2/c1-13-10-32(4-5-33(13)22(35)14-7-27-8-14)16-6-15(39(36,37)31-23(12-26)2-3-23)11-34-17(16)9-28-19(34)21-30-29-20(38-21)18(24)25/h6,9,11,13-14,18,27,31H,2-5,7-8,10H2,1H3/t13-/m1/s1. The van der Waals surface area contributed by atoms with Crippen LogP contribution in [0.25, 0.3) is 16.3 Å². The number of carbonyl (C=O) groups is 1. The van der Waals surface area contributed by atoms with Gasteiger partial charge in [-0.05, 0) is 25.8 Å². The van der Waals surface area contributed by atoms with Crippen molar-refractivity contribution in [1.82, 2.24) is 34.5 Å². The van der Waals surface area contributed by atoms with E-state index in [0.717, 1.165) is 0 Å². The largest absolute Gasteiger partial charge is 0.366 e. The maximum atomic E-state index is 13.4. The molecular formula is C23H25F2N9O3S2. The zero-order chi connectivity index (χ0) is 27.5. The van der Waals surface area contributed by atoms with Crippen molar-refractivity contribution in [3.05, 3.63) is 23.5 Å². The molecule has 2 saturated heterocycles. The highest BCUT2D eigenvalue weighted by molar-refractivity contribution is 7.89. The fourth-order valence-electron chi connectivity index (χ4n) is 4.91. The number of pyridine rings is 1.